The first-order valence-corrected chi connectivity index (χ1v) is 12.0. The summed E-state index contributed by atoms with van der Waals surface area (Å²) in [7, 11) is 1.64. The molecule has 0 radical (unpaired) electrons. The number of aromatic nitrogens is 1. The summed E-state index contributed by atoms with van der Waals surface area (Å²) in [5.41, 5.74) is 8.36. The van der Waals surface area contributed by atoms with Gasteiger partial charge in [0.2, 0.25) is 5.88 Å². The van der Waals surface area contributed by atoms with Crippen molar-refractivity contribution in [2.75, 3.05) is 13.7 Å². The molecule has 3 heterocycles. The summed E-state index contributed by atoms with van der Waals surface area (Å²) in [6.07, 6.45) is 6.70. The maximum atomic E-state index is 13.3. The van der Waals surface area contributed by atoms with Crippen molar-refractivity contribution in [3.05, 3.63) is 89.1 Å². The molecule has 5 nitrogen and oxygen atoms in total. The summed E-state index contributed by atoms with van der Waals surface area (Å²) < 4.78 is 11.3. The summed E-state index contributed by atoms with van der Waals surface area (Å²) in [5, 5.41) is 0. The second-order valence-corrected chi connectivity index (χ2v) is 9.46. The molecule has 0 spiro atoms. The molecule has 5 heteroatoms. The molecule has 0 N–H and O–H groups in total. The molecule has 1 aromatic heterocycles. The average Bonchev–Trinajstić information content (AvgIpc) is 3.33. The van der Waals surface area contributed by atoms with Crippen LogP contribution in [0.1, 0.15) is 47.4 Å². The van der Waals surface area contributed by atoms with E-state index in [1.165, 1.54) is 27.8 Å². The normalized spacial score (nSPS) is 20.5. The molecule has 0 saturated carbocycles. The average molecular weight is 453 g/mol. The van der Waals surface area contributed by atoms with Gasteiger partial charge >= 0.3 is 6.09 Å². The molecule has 2 aromatic carbocycles. The van der Waals surface area contributed by atoms with E-state index in [1.807, 2.05) is 18.0 Å². The monoisotopic (exact) mass is 452 g/mol. The first-order valence-electron chi connectivity index (χ1n) is 12.0. The molecule has 1 fully saturated rings. The Morgan fingerprint density at radius 2 is 1.76 bits per heavy atom. The lowest BCUT2D eigenvalue weighted by Gasteiger charge is -2.33. The van der Waals surface area contributed by atoms with Gasteiger partial charge in [-0.05, 0) is 65.6 Å². The molecule has 1 amide bonds. The van der Waals surface area contributed by atoms with Crippen LogP contribution in [0.5, 0.6) is 5.88 Å². The summed E-state index contributed by atoms with van der Waals surface area (Å²) in [6.45, 7) is 2.37. The van der Waals surface area contributed by atoms with Gasteiger partial charge in [-0.3, -0.25) is 4.90 Å². The fourth-order valence-corrected chi connectivity index (χ4v) is 5.95. The topological polar surface area (TPSA) is 51.7 Å². The Kier molecular flexibility index (Phi) is 5.13. The number of amides is 1. The van der Waals surface area contributed by atoms with Gasteiger partial charge in [0, 0.05) is 23.7 Å². The lowest BCUT2D eigenvalue weighted by Crippen LogP contribution is -2.43. The van der Waals surface area contributed by atoms with Gasteiger partial charge in [-0.25, -0.2) is 9.78 Å². The minimum atomic E-state index is -0.200. The number of hydrogen-bond acceptors (Lipinski definition) is 4. The molecule has 6 rings (SSSR count). The van der Waals surface area contributed by atoms with Crippen LogP contribution in [0.3, 0.4) is 0 Å². The molecular weight excluding hydrogens is 424 g/mol. The fraction of sp³-hybridized carbons (Fsp3) is 0.310. The Morgan fingerprint density at radius 3 is 2.41 bits per heavy atom. The Labute approximate surface area is 200 Å². The third-order valence-corrected chi connectivity index (χ3v) is 7.54. The third kappa shape index (κ3) is 3.38. The van der Waals surface area contributed by atoms with Crippen LogP contribution in [0, 0.1) is 6.92 Å². The number of hydrogen-bond donors (Lipinski definition) is 0. The number of carbonyl (C=O) groups excluding carboxylic acids is 1. The maximum Gasteiger partial charge on any atom is 0.410 e. The number of methoxy groups -OCH3 is 1. The first-order chi connectivity index (χ1) is 16.6. The van der Waals surface area contributed by atoms with Crippen LogP contribution >= 0.6 is 0 Å². The van der Waals surface area contributed by atoms with Gasteiger partial charge in [0.1, 0.15) is 6.61 Å². The first kappa shape index (κ1) is 21.0. The third-order valence-electron chi connectivity index (χ3n) is 7.54. The highest BCUT2D eigenvalue weighted by atomic mass is 16.6. The zero-order valence-corrected chi connectivity index (χ0v) is 19.5. The van der Waals surface area contributed by atoms with E-state index in [9.17, 15) is 4.79 Å². The Balaban J connectivity index is 1.19. The van der Waals surface area contributed by atoms with Gasteiger partial charge in [0.15, 0.2) is 0 Å². The highest BCUT2D eigenvalue weighted by molar-refractivity contribution is 5.79. The number of carbonyl (C=O) groups is 1. The summed E-state index contributed by atoms with van der Waals surface area (Å²) >= 11 is 0. The van der Waals surface area contributed by atoms with Crippen LogP contribution in [0.2, 0.25) is 0 Å². The van der Waals surface area contributed by atoms with Gasteiger partial charge in [0.25, 0.3) is 0 Å². The molecule has 1 saturated heterocycles. The van der Waals surface area contributed by atoms with Crippen molar-refractivity contribution in [3.63, 3.8) is 0 Å². The molecule has 2 bridgehead atoms. The standard InChI is InChI=1S/C29H28N2O3/c1-18-13-20(16-30-28(18)33-2)19-14-21-11-12-22(15-19)31(21)29(32)34-17-27-25-9-5-3-7-23(25)24-8-4-6-10-26(24)27/h3-10,13-14,16,21-22,27H,11-12,15,17H2,1-2H3. The molecule has 2 aliphatic heterocycles. The van der Waals surface area contributed by atoms with E-state index in [-0.39, 0.29) is 24.1 Å². The summed E-state index contributed by atoms with van der Waals surface area (Å²) in [4.78, 5) is 19.7. The van der Waals surface area contributed by atoms with Crippen molar-refractivity contribution in [1.29, 1.82) is 0 Å². The number of pyridine rings is 1. The molecule has 2 unspecified atom stereocenters. The molecular formula is C29H28N2O3. The van der Waals surface area contributed by atoms with E-state index in [0.29, 0.717) is 12.5 Å². The largest absolute Gasteiger partial charge is 0.481 e. The molecule has 34 heavy (non-hydrogen) atoms. The van der Waals surface area contributed by atoms with Crippen LogP contribution in [0.25, 0.3) is 16.7 Å². The van der Waals surface area contributed by atoms with Crippen molar-refractivity contribution in [1.82, 2.24) is 9.88 Å². The van der Waals surface area contributed by atoms with E-state index in [4.69, 9.17) is 9.47 Å². The highest BCUT2D eigenvalue weighted by Crippen LogP contribution is 2.45. The maximum absolute atomic E-state index is 13.3. The van der Waals surface area contributed by atoms with Crippen molar-refractivity contribution >= 4 is 11.7 Å². The predicted molar refractivity (Wildman–Crippen MR) is 132 cm³/mol. The minimum Gasteiger partial charge on any atom is -0.481 e. The van der Waals surface area contributed by atoms with Crippen molar-refractivity contribution in [3.8, 4) is 17.0 Å². The Bertz CT molecular complexity index is 1250. The van der Waals surface area contributed by atoms with Crippen LogP contribution in [-0.2, 0) is 4.74 Å². The molecule has 3 aliphatic rings. The smallest absolute Gasteiger partial charge is 0.410 e. The quantitative estimate of drug-likeness (QED) is 0.490. The Hall–Kier alpha value is -3.60. The number of fused-ring (bicyclic) bond motifs is 5. The van der Waals surface area contributed by atoms with Crippen LogP contribution in [0.4, 0.5) is 4.79 Å². The van der Waals surface area contributed by atoms with Gasteiger partial charge in [-0.15, -0.1) is 0 Å². The number of ether oxygens (including phenoxy) is 2. The summed E-state index contributed by atoms with van der Waals surface area (Å²) in [5.74, 6) is 0.738. The van der Waals surface area contributed by atoms with Crippen LogP contribution in [0.15, 0.2) is 66.9 Å². The minimum absolute atomic E-state index is 0.0757. The zero-order chi connectivity index (χ0) is 23.2. The number of aryl methyl sites for hydroxylation is 1. The lowest BCUT2D eigenvalue weighted by atomic mass is 9.95. The van der Waals surface area contributed by atoms with Crippen molar-refractivity contribution in [2.24, 2.45) is 0 Å². The van der Waals surface area contributed by atoms with E-state index >= 15 is 0 Å². The zero-order valence-electron chi connectivity index (χ0n) is 19.5. The number of rotatable bonds is 4. The second kappa shape index (κ2) is 8.32. The predicted octanol–water partition coefficient (Wildman–Crippen LogP) is 5.97. The van der Waals surface area contributed by atoms with Crippen LogP contribution < -0.4 is 4.74 Å². The van der Waals surface area contributed by atoms with E-state index in [0.717, 1.165) is 30.4 Å². The van der Waals surface area contributed by atoms with Crippen molar-refractivity contribution < 1.29 is 14.3 Å². The summed E-state index contributed by atoms with van der Waals surface area (Å²) in [6, 6.07) is 19.2. The van der Waals surface area contributed by atoms with E-state index < -0.39 is 0 Å². The van der Waals surface area contributed by atoms with E-state index in [1.54, 1.807) is 7.11 Å². The van der Waals surface area contributed by atoms with Gasteiger partial charge in [-0.2, -0.15) is 0 Å². The van der Waals surface area contributed by atoms with Gasteiger partial charge < -0.3 is 9.47 Å². The molecule has 2 atom stereocenters. The van der Waals surface area contributed by atoms with E-state index in [2.05, 4.69) is 65.7 Å². The number of benzene rings is 2. The fourth-order valence-electron chi connectivity index (χ4n) is 5.95. The van der Waals surface area contributed by atoms with Crippen molar-refractivity contribution in [2.45, 2.75) is 44.2 Å². The highest BCUT2D eigenvalue weighted by Gasteiger charge is 2.41. The SMILES string of the molecule is COc1ncc(C2=CC3CCC(C2)N3C(=O)OCC2c3ccccc3-c3ccccc32)cc1C. The van der Waals surface area contributed by atoms with Gasteiger partial charge in [-0.1, -0.05) is 54.6 Å². The number of nitrogens with zero attached hydrogens (tertiary/aromatic N) is 2. The molecule has 172 valence electrons. The van der Waals surface area contributed by atoms with Crippen LogP contribution in [-0.4, -0.2) is 41.8 Å². The second-order valence-electron chi connectivity index (χ2n) is 9.46. The Morgan fingerprint density at radius 1 is 1.06 bits per heavy atom. The molecule has 1 aliphatic carbocycles. The van der Waals surface area contributed by atoms with Gasteiger partial charge in [0.05, 0.1) is 13.2 Å². The lowest BCUT2D eigenvalue weighted by molar-refractivity contribution is 0.0866. The molecule has 3 aromatic rings.